The standard InChI is InChI=1S/C15H22N2O2/c1-2-9-19-14-8-7-11(10-13(14)16)15(18)17-12-5-3-4-6-12/h7-8,10,12H,2-6,9,16H2,1H3,(H,17,18). The van der Waals surface area contributed by atoms with Crippen molar-refractivity contribution in [3.63, 3.8) is 0 Å². The zero-order valence-corrected chi connectivity index (χ0v) is 11.4. The van der Waals surface area contributed by atoms with E-state index >= 15 is 0 Å². The summed E-state index contributed by atoms with van der Waals surface area (Å²) in [4.78, 5) is 12.1. The Labute approximate surface area is 114 Å². The van der Waals surface area contributed by atoms with Crippen LogP contribution in [0.15, 0.2) is 18.2 Å². The lowest BCUT2D eigenvalue weighted by Crippen LogP contribution is -2.32. The Morgan fingerprint density at radius 2 is 2.16 bits per heavy atom. The van der Waals surface area contributed by atoms with Crippen molar-refractivity contribution in [3.05, 3.63) is 23.8 Å². The molecule has 2 rings (SSSR count). The van der Waals surface area contributed by atoms with Crippen LogP contribution >= 0.6 is 0 Å². The van der Waals surface area contributed by atoms with Gasteiger partial charge in [-0.15, -0.1) is 0 Å². The number of ether oxygens (including phenoxy) is 1. The van der Waals surface area contributed by atoms with Gasteiger partial charge in [0.1, 0.15) is 5.75 Å². The van der Waals surface area contributed by atoms with Gasteiger partial charge in [-0.1, -0.05) is 19.8 Å². The van der Waals surface area contributed by atoms with Gasteiger partial charge in [-0.2, -0.15) is 0 Å². The van der Waals surface area contributed by atoms with Crippen LogP contribution in [0.2, 0.25) is 0 Å². The minimum Gasteiger partial charge on any atom is -0.491 e. The number of carbonyl (C=O) groups excluding carboxylic acids is 1. The summed E-state index contributed by atoms with van der Waals surface area (Å²) in [6.07, 6.45) is 5.51. The largest absolute Gasteiger partial charge is 0.491 e. The highest BCUT2D eigenvalue weighted by atomic mass is 16.5. The summed E-state index contributed by atoms with van der Waals surface area (Å²) in [5.74, 6) is 0.611. The Hall–Kier alpha value is -1.71. The second kappa shape index (κ2) is 6.45. The smallest absolute Gasteiger partial charge is 0.251 e. The summed E-state index contributed by atoms with van der Waals surface area (Å²) < 4.78 is 5.50. The first kappa shape index (κ1) is 13.7. The zero-order valence-electron chi connectivity index (χ0n) is 11.4. The van der Waals surface area contributed by atoms with Gasteiger partial charge in [0.2, 0.25) is 0 Å². The quantitative estimate of drug-likeness (QED) is 0.802. The van der Waals surface area contributed by atoms with Gasteiger partial charge < -0.3 is 15.8 Å². The van der Waals surface area contributed by atoms with Gasteiger partial charge in [0.25, 0.3) is 5.91 Å². The van der Waals surface area contributed by atoms with Crippen molar-refractivity contribution < 1.29 is 9.53 Å². The Morgan fingerprint density at radius 1 is 1.42 bits per heavy atom. The number of anilines is 1. The van der Waals surface area contributed by atoms with E-state index < -0.39 is 0 Å². The van der Waals surface area contributed by atoms with E-state index in [0.29, 0.717) is 29.6 Å². The second-order valence-corrected chi connectivity index (χ2v) is 5.06. The molecule has 1 aliphatic carbocycles. The molecule has 0 radical (unpaired) electrons. The number of amides is 1. The number of hydrogen-bond acceptors (Lipinski definition) is 3. The van der Waals surface area contributed by atoms with Crippen LogP contribution in [0.5, 0.6) is 5.75 Å². The Kier molecular flexibility index (Phi) is 4.66. The van der Waals surface area contributed by atoms with Gasteiger partial charge in [0.05, 0.1) is 12.3 Å². The Morgan fingerprint density at radius 3 is 2.79 bits per heavy atom. The molecule has 1 aromatic carbocycles. The van der Waals surface area contributed by atoms with Crippen LogP contribution in [0.3, 0.4) is 0 Å². The molecule has 4 nitrogen and oxygen atoms in total. The monoisotopic (exact) mass is 262 g/mol. The fraction of sp³-hybridized carbons (Fsp3) is 0.533. The maximum Gasteiger partial charge on any atom is 0.251 e. The molecule has 0 aromatic heterocycles. The number of rotatable bonds is 5. The lowest BCUT2D eigenvalue weighted by molar-refractivity contribution is 0.0938. The van der Waals surface area contributed by atoms with Crippen molar-refractivity contribution >= 4 is 11.6 Å². The summed E-state index contributed by atoms with van der Waals surface area (Å²) in [6, 6.07) is 5.56. The first-order valence-electron chi connectivity index (χ1n) is 7.04. The highest BCUT2D eigenvalue weighted by Crippen LogP contribution is 2.23. The minimum absolute atomic E-state index is 0.0411. The zero-order chi connectivity index (χ0) is 13.7. The number of carbonyl (C=O) groups is 1. The molecule has 0 bridgehead atoms. The third kappa shape index (κ3) is 3.63. The maximum absolute atomic E-state index is 12.1. The van der Waals surface area contributed by atoms with Crippen molar-refractivity contribution in [2.75, 3.05) is 12.3 Å². The first-order chi connectivity index (χ1) is 9.20. The van der Waals surface area contributed by atoms with Gasteiger partial charge in [-0.05, 0) is 37.5 Å². The van der Waals surface area contributed by atoms with E-state index in [1.807, 2.05) is 6.92 Å². The number of nitrogens with two attached hydrogens (primary N) is 1. The molecular weight excluding hydrogens is 240 g/mol. The van der Waals surface area contributed by atoms with Crippen LogP contribution in [0.4, 0.5) is 5.69 Å². The highest BCUT2D eigenvalue weighted by molar-refractivity contribution is 5.95. The van der Waals surface area contributed by atoms with Crippen LogP contribution in [0, 0.1) is 0 Å². The molecule has 0 heterocycles. The minimum atomic E-state index is -0.0411. The van der Waals surface area contributed by atoms with E-state index in [4.69, 9.17) is 10.5 Å². The van der Waals surface area contributed by atoms with E-state index in [1.54, 1.807) is 18.2 Å². The third-order valence-electron chi connectivity index (χ3n) is 3.42. The molecule has 4 heteroatoms. The van der Waals surface area contributed by atoms with Crippen LogP contribution in [0.1, 0.15) is 49.4 Å². The van der Waals surface area contributed by atoms with E-state index in [2.05, 4.69) is 5.32 Å². The van der Waals surface area contributed by atoms with E-state index in [1.165, 1.54) is 12.8 Å². The molecule has 0 saturated heterocycles. The lowest BCUT2D eigenvalue weighted by Gasteiger charge is -2.13. The van der Waals surface area contributed by atoms with Gasteiger partial charge in [-0.3, -0.25) is 4.79 Å². The Balaban J connectivity index is 1.99. The third-order valence-corrected chi connectivity index (χ3v) is 3.42. The van der Waals surface area contributed by atoms with Gasteiger partial charge in [0, 0.05) is 11.6 Å². The SMILES string of the molecule is CCCOc1ccc(C(=O)NC2CCCC2)cc1N. The average molecular weight is 262 g/mol. The van der Waals surface area contributed by atoms with Crippen molar-refractivity contribution in [2.24, 2.45) is 0 Å². The molecule has 104 valence electrons. The summed E-state index contributed by atoms with van der Waals surface area (Å²) in [6.45, 7) is 2.68. The second-order valence-electron chi connectivity index (χ2n) is 5.06. The summed E-state index contributed by atoms with van der Waals surface area (Å²) >= 11 is 0. The topological polar surface area (TPSA) is 64.3 Å². The molecule has 0 aliphatic heterocycles. The fourth-order valence-corrected chi connectivity index (χ4v) is 2.37. The van der Waals surface area contributed by atoms with Crippen molar-refractivity contribution in [2.45, 2.75) is 45.1 Å². The average Bonchev–Trinajstić information content (AvgIpc) is 2.90. The predicted molar refractivity (Wildman–Crippen MR) is 76.4 cm³/mol. The molecule has 1 saturated carbocycles. The van der Waals surface area contributed by atoms with E-state index in [9.17, 15) is 4.79 Å². The number of benzene rings is 1. The fourth-order valence-electron chi connectivity index (χ4n) is 2.37. The molecule has 0 atom stereocenters. The first-order valence-corrected chi connectivity index (χ1v) is 7.04. The van der Waals surface area contributed by atoms with Crippen molar-refractivity contribution in [1.29, 1.82) is 0 Å². The molecule has 0 unspecified atom stereocenters. The normalized spacial score (nSPS) is 15.4. The molecular formula is C15H22N2O2. The molecule has 1 aliphatic rings. The molecule has 0 spiro atoms. The maximum atomic E-state index is 12.1. The summed E-state index contributed by atoms with van der Waals surface area (Å²) in [7, 11) is 0. The number of nitrogens with one attached hydrogen (secondary N) is 1. The lowest BCUT2D eigenvalue weighted by atomic mass is 10.1. The molecule has 3 N–H and O–H groups in total. The number of hydrogen-bond donors (Lipinski definition) is 2. The molecule has 1 amide bonds. The molecule has 19 heavy (non-hydrogen) atoms. The van der Waals surface area contributed by atoms with Gasteiger partial charge in [-0.25, -0.2) is 0 Å². The molecule has 1 fully saturated rings. The van der Waals surface area contributed by atoms with E-state index in [0.717, 1.165) is 19.3 Å². The Bertz CT molecular complexity index is 440. The van der Waals surface area contributed by atoms with Crippen molar-refractivity contribution in [1.82, 2.24) is 5.32 Å². The molecule has 1 aromatic rings. The van der Waals surface area contributed by atoms with Crippen LogP contribution < -0.4 is 15.8 Å². The highest BCUT2D eigenvalue weighted by Gasteiger charge is 2.18. The summed E-state index contributed by atoms with van der Waals surface area (Å²) in [5.41, 5.74) is 7.03. The van der Waals surface area contributed by atoms with Gasteiger partial charge >= 0.3 is 0 Å². The summed E-state index contributed by atoms with van der Waals surface area (Å²) in [5, 5.41) is 3.05. The van der Waals surface area contributed by atoms with Crippen molar-refractivity contribution in [3.8, 4) is 5.75 Å². The van der Waals surface area contributed by atoms with E-state index in [-0.39, 0.29) is 5.91 Å². The van der Waals surface area contributed by atoms with Crippen LogP contribution in [0.25, 0.3) is 0 Å². The number of nitrogen functional groups attached to an aromatic ring is 1. The van der Waals surface area contributed by atoms with Crippen LogP contribution in [-0.4, -0.2) is 18.6 Å². The van der Waals surface area contributed by atoms with Crippen LogP contribution in [-0.2, 0) is 0 Å². The van der Waals surface area contributed by atoms with Gasteiger partial charge in [0.15, 0.2) is 0 Å². The predicted octanol–water partition coefficient (Wildman–Crippen LogP) is 2.73.